The third kappa shape index (κ3) is 7.99. The maximum atomic E-state index is 13.6. The van der Waals surface area contributed by atoms with Crippen molar-refractivity contribution < 1.29 is 13.2 Å². The molecule has 1 saturated heterocycles. The molecule has 0 N–H and O–H groups in total. The van der Waals surface area contributed by atoms with E-state index in [0.29, 0.717) is 28.1 Å². The molecule has 0 bridgehead atoms. The zero-order valence-corrected chi connectivity index (χ0v) is 23.1. The Labute approximate surface area is 230 Å². The second-order valence-electron chi connectivity index (χ2n) is 9.07. The third-order valence-electron chi connectivity index (χ3n) is 6.33. The molecule has 37 heavy (non-hydrogen) atoms. The SMILES string of the molecule is O=S(=O)(C=Cc1ccccc1)N(Cc1ccccc1OCCCN1CCCCC1)c1cc(Cl)ccc1Cl. The highest BCUT2D eigenvalue weighted by Crippen LogP contribution is 2.34. The fraction of sp³-hybridized carbons (Fsp3) is 0.310. The molecule has 0 aliphatic carbocycles. The zero-order valence-electron chi connectivity index (χ0n) is 20.7. The van der Waals surface area contributed by atoms with E-state index in [0.717, 1.165) is 37.2 Å². The number of ether oxygens (including phenoxy) is 1. The van der Waals surface area contributed by atoms with Crippen LogP contribution in [0.3, 0.4) is 0 Å². The van der Waals surface area contributed by atoms with Crippen LogP contribution >= 0.6 is 23.2 Å². The number of anilines is 1. The first-order chi connectivity index (χ1) is 17.9. The van der Waals surface area contributed by atoms with Crippen molar-refractivity contribution in [3.8, 4) is 5.75 Å². The molecule has 1 heterocycles. The number of halogens is 2. The number of hydrogen-bond donors (Lipinski definition) is 0. The van der Waals surface area contributed by atoms with E-state index in [2.05, 4.69) is 4.90 Å². The van der Waals surface area contributed by atoms with Gasteiger partial charge in [0.25, 0.3) is 10.0 Å². The first kappa shape index (κ1) is 27.5. The molecule has 5 nitrogen and oxygen atoms in total. The number of para-hydroxylation sites is 1. The topological polar surface area (TPSA) is 49.9 Å². The Hall–Kier alpha value is -2.51. The largest absolute Gasteiger partial charge is 0.493 e. The predicted octanol–water partition coefficient (Wildman–Crippen LogP) is 7.26. The lowest BCUT2D eigenvalue weighted by atomic mass is 10.1. The highest BCUT2D eigenvalue weighted by molar-refractivity contribution is 7.95. The molecule has 0 unspecified atom stereocenters. The lowest BCUT2D eigenvalue weighted by molar-refractivity contribution is 0.204. The van der Waals surface area contributed by atoms with Crippen LogP contribution in [0.15, 0.2) is 78.2 Å². The minimum atomic E-state index is -3.92. The summed E-state index contributed by atoms with van der Waals surface area (Å²) in [4.78, 5) is 2.48. The molecule has 8 heteroatoms. The highest BCUT2D eigenvalue weighted by atomic mass is 35.5. The van der Waals surface area contributed by atoms with E-state index in [-0.39, 0.29) is 6.54 Å². The molecule has 0 amide bonds. The van der Waals surface area contributed by atoms with Crippen molar-refractivity contribution in [1.29, 1.82) is 0 Å². The van der Waals surface area contributed by atoms with Crippen LogP contribution in [0, 0.1) is 0 Å². The minimum absolute atomic E-state index is 0.0455. The predicted molar refractivity (Wildman–Crippen MR) is 154 cm³/mol. The first-order valence-electron chi connectivity index (χ1n) is 12.6. The van der Waals surface area contributed by atoms with Crippen molar-refractivity contribution in [2.75, 3.05) is 30.5 Å². The molecular formula is C29H32Cl2N2O3S. The summed E-state index contributed by atoms with van der Waals surface area (Å²) in [6.07, 6.45) is 6.33. The fourth-order valence-electron chi connectivity index (χ4n) is 4.37. The summed E-state index contributed by atoms with van der Waals surface area (Å²) in [5, 5.41) is 1.89. The van der Waals surface area contributed by atoms with E-state index in [1.165, 1.54) is 29.0 Å². The number of piperidine rings is 1. The fourth-order valence-corrected chi connectivity index (χ4v) is 6.03. The molecule has 0 aromatic heterocycles. The molecule has 0 radical (unpaired) electrons. The standard InChI is InChI=1S/C29H32Cl2N2O3S/c30-26-14-15-27(31)28(22-26)33(37(34,35)21-16-24-10-3-1-4-11-24)23-25-12-5-6-13-29(25)36-20-9-19-32-17-7-2-8-18-32/h1,3-6,10-16,21-22H,2,7-9,17-20,23H2. The molecule has 196 valence electrons. The Kier molecular flexibility index (Phi) is 9.92. The van der Waals surface area contributed by atoms with Crippen LogP contribution in [-0.4, -0.2) is 39.6 Å². The van der Waals surface area contributed by atoms with Crippen LogP contribution in [0.4, 0.5) is 5.69 Å². The molecule has 1 aliphatic rings. The van der Waals surface area contributed by atoms with Crippen LogP contribution < -0.4 is 9.04 Å². The molecule has 0 atom stereocenters. The van der Waals surface area contributed by atoms with Crippen LogP contribution in [0.5, 0.6) is 5.75 Å². The average Bonchev–Trinajstić information content (AvgIpc) is 2.92. The molecule has 1 aliphatic heterocycles. The van der Waals surface area contributed by atoms with Crippen molar-refractivity contribution in [3.63, 3.8) is 0 Å². The van der Waals surface area contributed by atoms with Gasteiger partial charge in [0.05, 0.1) is 29.3 Å². The van der Waals surface area contributed by atoms with Gasteiger partial charge in [-0.05, 0) is 68.3 Å². The lowest BCUT2D eigenvalue weighted by Gasteiger charge is -2.26. The number of sulfonamides is 1. The van der Waals surface area contributed by atoms with Gasteiger partial charge < -0.3 is 9.64 Å². The van der Waals surface area contributed by atoms with E-state index in [9.17, 15) is 8.42 Å². The van der Waals surface area contributed by atoms with Gasteiger partial charge in [0, 0.05) is 17.1 Å². The average molecular weight is 560 g/mol. The molecule has 0 spiro atoms. The minimum Gasteiger partial charge on any atom is -0.493 e. The van der Waals surface area contributed by atoms with Gasteiger partial charge in [0.15, 0.2) is 0 Å². The first-order valence-corrected chi connectivity index (χ1v) is 14.8. The van der Waals surface area contributed by atoms with Crippen LogP contribution in [0.2, 0.25) is 10.0 Å². The van der Waals surface area contributed by atoms with E-state index >= 15 is 0 Å². The molecule has 4 rings (SSSR count). The maximum Gasteiger partial charge on any atom is 0.257 e. The summed E-state index contributed by atoms with van der Waals surface area (Å²) in [6.45, 7) is 3.92. The van der Waals surface area contributed by atoms with Gasteiger partial charge in [-0.1, -0.05) is 78.2 Å². The molecule has 1 fully saturated rings. The number of likely N-dealkylation sites (tertiary alicyclic amines) is 1. The van der Waals surface area contributed by atoms with E-state index in [1.807, 2.05) is 54.6 Å². The van der Waals surface area contributed by atoms with Gasteiger partial charge in [-0.25, -0.2) is 8.42 Å². The van der Waals surface area contributed by atoms with Gasteiger partial charge in [-0.2, -0.15) is 0 Å². The second-order valence-corrected chi connectivity index (χ2v) is 11.7. The van der Waals surface area contributed by atoms with Crippen molar-refractivity contribution in [2.24, 2.45) is 0 Å². The molecule has 3 aromatic carbocycles. The Bertz CT molecular complexity index is 1290. The van der Waals surface area contributed by atoms with Crippen molar-refractivity contribution in [3.05, 3.63) is 99.4 Å². The van der Waals surface area contributed by atoms with Crippen LogP contribution in [0.1, 0.15) is 36.8 Å². The van der Waals surface area contributed by atoms with E-state index < -0.39 is 10.0 Å². The summed E-state index contributed by atoms with van der Waals surface area (Å²) in [5.74, 6) is 0.659. The van der Waals surface area contributed by atoms with Gasteiger partial charge >= 0.3 is 0 Å². The second kappa shape index (κ2) is 13.3. The summed E-state index contributed by atoms with van der Waals surface area (Å²) >= 11 is 12.7. The van der Waals surface area contributed by atoms with Crippen molar-refractivity contribution in [2.45, 2.75) is 32.2 Å². The van der Waals surface area contributed by atoms with Gasteiger partial charge in [0.1, 0.15) is 5.75 Å². The summed E-state index contributed by atoms with van der Waals surface area (Å²) < 4.78 is 34.6. The van der Waals surface area contributed by atoms with E-state index in [4.69, 9.17) is 27.9 Å². The third-order valence-corrected chi connectivity index (χ3v) is 8.30. The number of benzene rings is 3. The number of hydrogen-bond acceptors (Lipinski definition) is 4. The summed E-state index contributed by atoms with van der Waals surface area (Å²) in [6, 6.07) is 21.6. The van der Waals surface area contributed by atoms with Crippen LogP contribution in [-0.2, 0) is 16.6 Å². The Morgan fingerprint density at radius 1 is 0.919 bits per heavy atom. The van der Waals surface area contributed by atoms with Gasteiger partial charge in [-0.3, -0.25) is 4.31 Å². The Morgan fingerprint density at radius 2 is 1.65 bits per heavy atom. The highest BCUT2D eigenvalue weighted by Gasteiger charge is 2.24. The Balaban J connectivity index is 1.55. The molecule has 0 saturated carbocycles. The monoisotopic (exact) mass is 558 g/mol. The Morgan fingerprint density at radius 3 is 2.43 bits per heavy atom. The molecule has 3 aromatic rings. The van der Waals surface area contributed by atoms with E-state index in [1.54, 1.807) is 24.3 Å². The number of rotatable bonds is 11. The quantitative estimate of drug-likeness (QED) is 0.232. The van der Waals surface area contributed by atoms with Gasteiger partial charge in [-0.15, -0.1) is 0 Å². The van der Waals surface area contributed by atoms with Crippen molar-refractivity contribution in [1.82, 2.24) is 4.90 Å². The summed E-state index contributed by atoms with van der Waals surface area (Å²) in [5.41, 5.74) is 1.83. The summed E-state index contributed by atoms with van der Waals surface area (Å²) in [7, 11) is -3.92. The smallest absolute Gasteiger partial charge is 0.257 e. The lowest BCUT2D eigenvalue weighted by Crippen LogP contribution is -2.31. The zero-order chi connectivity index (χ0) is 26.1. The van der Waals surface area contributed by atoms with Gasteiger partial charge in [0.2, 0.25) is 0 Å². The van der Waals surface area contributed by atoms with Crippen LogP contribution in [0.25, 0.3) is 6.08 Å². The molecular weight excluding hydrogens is 527 g/mol. The number of nitrogens with zero attached hydrogens (tertiary/aromatic N) is 2. The van der Waals surface area contributed by atoms with Crippen molar-refractivity contribution >= 4 is 45.0 Å². The normalized spacial score (nSPS) is 14.6. The maximum absolute atomic E-state index is 13.6.